The molecule has 0 unspecified atom stereocenters. The van der Waals surface area contributed by atoms with Crippen LogP contribution in [0.15, 0.2) is 149 Å². The van der Waals surface area contributed by atoms with Crippen LogP contribution >= 0.6 is 11.8 Å². The number of thioether (sulfide) groups is 1. The summed E-state index contributed by atoms with van der Waals surface area (Å²) in [6.45, 7) is 5.97. The van der Waals surface area contributed by atoms with Crippen molar-refractivity contribution in [3.63, 3.8) is 0 Å². The Morgan fingerprint density at radius 1 is 0.729 bits per heavy atom. The average molecular weight is 656 g/mol. The van der Waals surface area contributed by atoms with Crippen LogP contribution in [-0.4, -0.2) is 27.5 Å². The third-order valence-corrected chi connectivity index (χ3v) is 9.03. The Balaban J connectivity index is 1.48. The van der Waals surface area contributed by atoms with E-state index in [0.717, 1.165) is 33.0 Å². The monoisotopic (exact) mass is 655 g/mol. The normalized spacial score (nSPS) is 13.3. The van der Waals surface area contributed by atoms with Crippen molar-refractivity contribution >= 4 is 23.7 Å². The molecule has 0 aliphatic carbocycles. The Morgan fingerprint density at radius 3 is 1.73 bits per heavy atom. The van der Waals surface area contributed by atoms with E-state index in [1.807, 2.05) is 123 Å². The largest absolute Gasteiger partial charge is 0.457 e. The van der Waals surface area contributed by atoms with E-state index >= 15 is 0 Å². The van der Waals surface area contributed by atoms with E-state index in [4.69, 9.17) is 14.6 Å². The number of carbonyl (C=O) groups is 2. The molecule has 0 radical (unpaired) electrons. The third kappa shape index (κ3) is 7.29. The van der Waals surface area contributed by atoms with Crippen LogP contribution in [-0.2, 0) is 32.3 Å². The molecule has 6 rings (SSSR count). The number of rotatable bonds is 11. The number of nitrogens with zero attached hydrogens (tertiary/aromatic N) is 2. The second-order valence-electron chi connectivity index (χ2n) is 11.4. The fraction of sp³-hybridized carbons (Fsp3) is 0.175. The second kappa shape index (κ2) is 15.0. The van der Waals surface area contributed by atoms with E-state index in [0.29, 0.717) is 33.8 Å². The van der Waals surface area contributed by atoms with Gasteiger partial charge < -0.3 is 14.8 Å². The molecule has 1 aliphatic rings. The predicted octanol–water partition coefficient (Wildman–Crippen LogP) is 8.37. The lowest BCUT2D eigenvalue weighted by Crippen LogP contribution is -2.32. The van der Waals surface area contributed by atoms with Crippen molar-refractivity contribution < 1.29 is 19.1 Å². The van der Waals surface area contributed by atoms with Crippen molar-refractivity contribution in [2.24, 2.45) is 0 Å². The van der Waals surface area contributed by atoms with Crippen molar-refractivity contribution in [2.75, 3.05) is 5.75 Å². The van der Waals surface area contributed by atoms with Crippen LogP contribution in [0.25, 0.3) is 16.9 Å². The number of benzene rings is 4. The number of aromatic nitrogens is 2. The minimum Gasteiger partial charge on any atom is -0.457 e. The lowest BCUT2D eigenvalue weighted by Gasteiger charge is -2.30. The molecule has 0 fully saturated rings. The Hall–Kier alpha value is -5.34. The van der Waals surface area contributed by atoms with Gasteiger partial charge in [-0.1, -0.05) is 97.9 Å². The summed E-state index contributed by atoms with van der Waals surface area (Å²) in [7, 11) is 0. The van der Waals surface area contributed by atoms with Gasteiger partial charge in [0, 0.05) is 33.6 Å². The maximum atomic E-state index is 14.1. The van der Waals surface area contributed by atoms with Gasteiger partial charge in [0.2, 0.25) is 0 Å². The zero-order valence-corrected chi connectivity index (χ0v) is 28.0. The summed E-state index contributed by atoms with van der Waals surface area (Å²) in [6, 6.07) is 37.1. The first-order chi connectivity index (χ1) is 23.4. The number of hydrogen-bond donors (Lipinski definition) is 1. The molecule has 4 aromatic carbocycles. The maximum absolute atomic E-state index is 14.1. The van der Waals surface area contributed by atoms with Crippen molar-refractivity contribution in [3.05, 3.63) is 161 Å². The Bertz CT molecular complexity index is 1870. The first kappa shape index (κ1) is 32.6. The number of ether oxygens (including phenoxy) is 2. The topological polar surface area (TPSA) is 82.5 Å². The van der Waals surface area contributed by atoms with Gasteiger partial charge in [-0.15, -0.1) is 11.8 Å². The zero-order chi connectivity index (χ0) is 33.5. The molecule has 0 amide bonds. The molecule has 1 aliphatic heterocycles. The first-order valence-corrected chi connectivity index (χ1v) is 16.9. The minimum absolute atomic E-state index is 0.0896. The fourth-order valence-corrected chi connectivity index (χ4v) is 6.52. The summed E-state index contributed by atoms with van der Waals surface area (Å²) in [5, 5.41) is 8.35. The highest BCUT2D eigenvalue weighted by atomic mass is 32.2. The molecule has 1 N–H and O–H groups in total. The highest BCUT2D eigenvalue weighted by Crippen LogP contribution is 2.43. The Morgan fingerprint density at radius 2 is 1.23 bits per heavy atom. The highest BCUT2D eigenvalue weighted by molar-refractivity contribution is 7.99. The standard InChI is InChI=1S/C40H37N3O4S/c1-4-48-33-22-20-31(21-23-33)38-34(24-43(42-38)32-18-12-7-13-19-32)37-35(39(44)46-25-29-14-8-5-9-15-29)27(2)41-28(3)36(37)40(45)47-26-30-16-10-6-11-17-30/h5-24,37,41H,4,25-26H2,1-3H3. The molecule has 0 spiro atoms. The van der Waals surface area contributed by atoms with Crippen molar-refractivity contribution in [1.29, 1.82) is 0 Å². The quantitative estimate of drug-likeness (QED) is 0.113. The number of carbonyl (C=O) groups excluding carboxylic acids is 2. The van der Waals surface area contributed by atoms with Crippen LogP contribution in [0.4, 0.5) is 0 Å². The number of esters is 2. The Labute approximate surface area is 285 Å². The van der Waals surface area contributed by atoms with Gasteiger partial charge in [0.1, 0.15) is 13.2 Å². The number of hydrogen-bond acceptors (Lipinski definition) is 7. The lowest BCUT2D eigenvalue weighted by atomic mass is 9.79. The third-order valence-electron chi connectivity index (χ3n) is 8.14. The second-order valence-corrected chi connectivity index (χ2v) is 12.8. The van der Waals surface area contributed by atoms with E-state index in [9.17, 15) is 9.59 Å². The van der Waals surface area contributed by atoms with Gasteiger partial charge in [0.25, 0.3) is 0 Å². The molecule has 0 atom stereocenters. The van der Waals surface area contributed by atoms with Crippen LogP contribution in [0.3, 0.4) is 0 Å². The molecule has 242 valence electrons. The summed E-state index contributed by atoms with van der Waals surface area (Å²) < 4.78 is 13.6. The number of para-hydroxylation sites is 1. The van der Waals surface area contributed by atoms with Gasteiger partial charge >= 0.3 is 11.9 Å². The van der Waals surface area contributed by atoms with E-state index in [1.165, 1.54) is 0 Å². The van der Waals surface area contributed by atoms with Gasteiger partial charge in [-0.05, 0) is 55.0 Å². The molecule has 7 nitrogen and oxygen atoms in total. The molecular weight excluding hydrogens is 619 g/mol. The molecule has 0 saturated heterocycles. The number of allylic oxidation sites excluding steroid dienone is 2. The summed E-state index contributed by atoms with van der Waals surface area (Å²) in [5.41, 5.74) is 6.64. The molecule has 0 bridgehead atoms. The SMILES string of the molecule is CCSc1ccc(-c2nn(-c3ccccc3)cc2C2C(C(=O)OCc3ccccc3)=C(C)NC(C)=C2C(=O)OCc2ccccc2)cc1. The summed E-state index contributed by atoms with van der Waals surface area (Å²) in [6.07, 6.45) is 1.91. The van der Waals surface area contributed by atoms with Crippen LogP contribution in [0.2, 0.25) is 0 Å². The van der Waals surface area contributed by atoms with Gasteiger partial charge in [-0.3, -0.25) is 0 Å². The summed E-state index contributed by atoms with van der Waals surface area (Å²) in [4.78, 5) is 29.4. The van der Waals surface area contributed by atoms with Crippen molar-refractivity contribution in [3.8, 4) is 16.9 Å². The van der Waals surface area contributed by atoms with Crippen molar-refractivity contribution in [1.82, 2.24) is 15.1 Å². The number of nitrogens with one attached hydrogen (secondary N) is 1. The molecular formula is C40H37N3O4S. The fourth-order valence-electron chi connectivity index (χ4n) is 5.86. The van der Waals surface area contributed by atoms with E-state index in [-0.39, 0.29) is 13.2 Å². The van der Waals surface area contributed by atoms with Gasteiger partial charge in [0.05, 0.1) is 28.4 Å². The van der Waals surface area contributed by atoms with E-state index in [2.05, 4.69) is 24.4 Å². The number of dihydropyridines is 1. The molecule has 1 aromatic heterocycles. The molecule has 2 heterocycles. The highest BCUT2D eigenvalue weighted by Gasteiger charge is 2.40. The van der Waals surface area contributed by atoms with Crippen LogP contribution in [0.5, 0.6) is 0 Å². The Kier molecular flexibility index (Phi) is 10.2. The van der Waals surface area contributed by atoms with Gasteiger partial charge in [0.15, 0.2) is 0 Å². The smallest absolute Gasteiger partial charge is 0.337 e. The summed E-state index contributed by atoms with van der Waals surface area (Å²) >= 11 is 1.76. The zero-order valence-electron chi connectivity index (χ0n) is 27.2. The summed E-state index contributed by atoms with van der Waals surface area (Å²) in [5.74, 6) is -0.917. The van der Waals surface area contributed by atoms with Crippen molar-refractivity contribution in [2.45, 2.75) is 44.8 Å². The molecule has 0 saturated carbocycles. The van der Waals surface area contributed by atoms with Gasteiger partial charge in [-0.25, -0.2) is 14.3 Å². The lowest BCUT2D eigenvalue weighted by molar-refractivity contribution is -0.141. The predicted molar refractivity (Wildman–Crippen MR) is 189 cm³/mol. The van der Waals surface area contributed by atoms with Crippen LogP contribution < -0.4 is 5.32 Å². The van der Waals surface area contributed by atoms with E-state index in [1.54, 1.807) is 16.4 Å². The first-order valence-electron chi connectivity index (χ1n) is 15.9. The minimum atomic E-state index is -0.824. The molecule has 5 aromatic rings. The van der Waals surface area contributed by atoms with Gasteiger partial charge in [-0.2, -0.15) is 5.10 Å². The maximum Gasteiger partial charge on any atom is 0.337 e. The van der Waals surface area contributed by atoms with Crippen LogP contribution in [0.1, 0.15) is 43.4 Å². The van der Waals surface area contributed by atoms with E-state index < -0.39 is 17.9 Å². The van der Waals surface area contributed by atoms with Crippen LogP contribution in [0, 0.1) is 0 Å². The molecule has 8 heteroatoms. The molecule has 48 heavy (non-hydrogen) atoms. The average Bonchev–Trinajstić information content (AvgIpc) is 3.56.